The molecule has 2 rings (SSSR count). The minimum absolute atomic E-state index is 0.0972. The largest absolute Gasteiger partial charge is 0.516 e. The lowest BCUT2D eigenvalue weighted by Crippen LogP contribution is -2.30. The van der Waals surface area contributed by atoms with Crippen LogP contribution in [0.15, 0.2) is 38.9 Å². The zero-order valence-electron chi connectivity index (χ0n) is 17.1. The molecule has 3 N–H and O–H groups in total. The van der Waals surface area contributed by atoms with Crippen LogP contribution in [0.1, 0.15) is 18.9 Å². The third-order valence-electron chi connectivity index (χ3n) is 4.17. The van der Waals surface area contributed by atoms with Gasteiger partial charge < -0.3 is 15.5 Å². The maximum Gasteiger partial charge on any atom is 0.516 e. The second-order valence-electron chi connectivity index (χ2n) is 6.43. The fourth-order valence-corrected chi connectivity index (χ4v) is 3.77. The van der Waals surface area contributed by atoms with E-state index < -0.39 is 27.2 Å². The summed E-state index contributed by atoms with van der Waals surface area (Å²) in [5.41, 5.74) is -4.83. The molecule has 0 aliphatic carbocycles. The Morgan fingerprint density at radius 2 is 2.09 bits per heavy atom. The molecule has 0 aromatic heterocycles. The number of hydrogen-bond acceptors (Lipinski definition) is 9. The van der Waals surface area contributed by atoms with Crippen LogP contribution in [-0.2, 0) is 26.0 Å². The van der Waals surface area contributed by atoms with Crippen molar-refractivity contribution in [3.63, 3.8) is 0 Å². The third kappa shape index (κ3) is 6.12. The number of anilines is 2. The fourth-order valence-electron chi connectivity index (χ4n) is 2.70. The summed E-state index contributed by atoms with van der Waals surface area (Å²) in [5, 5.41) is 10.7. The van der Waals surface area contributed by atoms with Crippen LogP contribution in [0.4, 0.5) is 30.2 Å². The Morgan fingerprint density at radius 1 is 1.41 bits per heavy atom. The number of azo groups is 1. The van der Waals surface area contributed by atoms with Crippen molar-refractivity contribution in [2.45, 2.75) is 25.3 Å². The quantitative estimate of drug-likeness (QED) is 0.117. The number of aryl methyl sites for hydroxylation is 1. The lowest BCUT2D eigenvalue weighted by atomic mass is 10.0. The highest BCUT2D eigenvalue weighted by Gasteiger charge is 2.46. The van der Waals surface area contributed by atoms with E-state index in [0.717, 1.165) is 12.0 Å². The summed E-state index contributed by atoms with van der Waals surface area (Å²) in [5.74, 6) is 4.51. The van der Waals surface area contributed by atoms with Gasteiger partial charge in [-0.05, 0) is 49.2 Å². The minimum atomic E-state index is -5.70. The van der Waals surface area contributed by atoms with E-state index in [9.17, 15) is 26.4 Å². The number of nitrogens with zero attached hydrogens (tertiary/aromatic N) is 4. The molecule has 15 heteroatoms. The summed E-state index contributed by atoms with van der Waals surface area (Å²) >= 11 is 0.633. The van der Waals surface area contributed by atoms with Gasteiger partial charge in [0, 0.05) is 19.3 Å². The van der Waals surface area contributed by atoms with Crippen molar-refractivity contribution < 1.29 is 31.1 Å². The van der Waals surface area contributed by atoms with E-state index in [1.165, 1.54) is 16.9 Å². The number of esters is 1. The molecular weight excluding hydrogens is 473 g/mol. The summed E-state index contributed by atoms with van der Waals surface area (Å²) in [6.45, 7) is 5.87. The number of carbonyl (C=O) groups excluding carboxylic acids is 1. The molecular formula is C17H21F3N6O4S2. The van der Waals surface area contributed by atoms with Gasteiger partial charge >= 0.3 is 21.5 Å². The highest BCUT2D eigenvalue weighted by Crippen LogP contribution is 2.38. The number of nitrogens with one attached hydrogen (secondary N) is 1. The van der Waals surface area contributed by atoms with Gasteiger partial charge in [0.05, 0.1) is 17.2 Å². The predicted octanol–water partition coefficient (Wildman–Crippen LogP) is 3.45. The van der Waals surface area contributed by atoms with Gasteiger partial charge in [-0.2, -0.15) is 26.7 Å². The normalized spacial score (nSPS) is 14.9. The Bertz CT molecular complexity index is 1060. The van der Waals surface area contributed by atoms with Crippen LogP contribution in [0.25, 0.3) is 0 Å². The van der Waals surface area contributed by atoms with Crippen LogP contribution >= 0.6 is 11.8 Å². The zero-order chi connectivity index (χ0) is 24.1. The number of carbonyl (C=O) groups is 1. The first-order valence-corrected chi connectivity index (χ1v) is 11.4. The SMILES string of the molecule is C=C(S/C(N=Nc1cc2c(cc1NS(=O)(=O)C(F)(F)F)N(C)CCC2)=N/N)C(=O)OCC. The summed E-state index contributed by atoms with van der Waals surface area (Å²) < 4.78 is 68.3. The number of nitrogens with two attached hydrogens (primary N) is 1. The van der Waals surface area contributed by atoms with E-state index in [4.69, 9.17) is 10.6 Å². The molecule has 1 aromatic rings. The van der Waals surface area contributed by atoms with Crippen molar-refractivity contribution in [2.75, 3.05) is 29.8 Å². The van der Waals surface area contributed by atoms with Gasteiger partial charge in [-0.3, -0.25) is 4.72 Å². The first-order valence-electron chi connectivity index (χ1n) is 9.10. The molecule has 0 saturated heterocycles. The standard InChI is InChI=1S/C17H21F3N6O4S2/c1-4-30-15(27)10(2)31-16(22-21)24-23-12-8-11-6-5-7-26(3)14(11)9-13(12)25-32(28,29)17(18,19)20/h8-9,25H,2,4-7,21H2,1,3H3/b22-16+,24-23?. The number of thioether (sulfide) groups is 1. The molecule has 176 valence electrons. The van der Waals surface area contributed by atoms with Crippen molar-refractivity contribution in [3.05, 3.63) is 29.2 Å². The van der Waals surface area contributed by atoms with E-state index in [0.29, 0.717) is 30.4 Å². The summed E-state index contributed by atoms with van der Waals surface area (Å²) in [6, 6.07) is 2.69. The maximum atomic E-state index is 12.9. The second kappa shape index (κ2) is 10.2. The Hall–Kier alpha value is -2.81. The van der Waals surface area contributed by atoms with Crippen molar-refractivity contribution >= 4 is 50.0 Å². The Kier molecular flexibility index (Phi) is 8.12. The molecule has 0 radical (unpaired) electrons. The van der Waals surface area contributed by atoms with Crippen molar-refractivity contribution in [3.8, 4) is 0 Å². The number of alkyl halides is 3. The number of benzene rings is 1. The van der Waals surface area contributed by atoms with E-state index in [2.05, 4.69) is 21.9 Å². The van der Waals surface area contributed by atoms with Crippen LogP contribution < -0.4 is 15.5 Å². The Morgan fingerprint density at radius 3 is 2.69 bits per heavy atom. The molecule has 1 heterocycles. The fraction of sp³-hybridized carbons (Fsp3) is 0.412. The first-order chi connectivity index (χ1) is 14.9. The van der Waals surface area contributed by atoms with E-state index in [-0.39, 0.29) is 22.4 Å². The lowest BCUT2D eigenvalue weighted by Gasteiger charge is -2.28. The monoisotopic (exact) mass is 494 g/mol. The van der Waals surface area contributed by atoms with Crippen molar-refractivity contribution in [2.24, 2.45) is 21.2 Å². The van der Waals surface area contributed by atoms with Gasteiger partial charge in [0.1, 0.15) is 5.69 Å². The number of rotatable bonds is 6. The van der Waals surface area contributed by atoms with Gasteiger partial charge in [-0.1, -0.05) is 6.58 Å². The topological polar surface area (TPSA) is 139 Å². The molecule has 32 heavy (non-hydrogen) atoms. The number of fused-ring (bicyclic) bond motifs is 1. The molecule has 0 spiro atoms. The molecule has 1 aliphatic rings. The number of hydrogen-bond donors (Lipinski definition) is 2. The predicted molar refractivity (Wildman–Crippen MR) is 116 cm³/mol. The average Bonchev–Trinajstić information content (AvgIpc) is 2.70. The number of ether oxygens (including phenoxy) is 1. The van der Waals surface area contributed by atoms with Crippen molar-refractivity contribution in [1.29, 1.82) is 0 Å². The van der Waals surface area contributed by atoms with Crippen LogP contribution in [0.3, 0.4) is 0 Å². The van der Waals surface area contributed by atoms with Gasteiger partial charge in [-0.25, -0.2) is 4.79 Å². The first kappa shape index (κ1) is 25.5. The lowest BCUT2D eigenvalue weighted by molar-refractivity contribution is -0.137. The molecule has 0 fully saturated rings. The van der Waals surface area contributed by atoms with E-state index >= 15 is 0 Å². The zero-order valence-corrected chi connectivity index (χ0v) is 18.8. The highest BCUT2D eigenvalue weighted by atomic mass is 32.2. The third-order valence-corrected chi connectivity index (χ3v) is 6.05. The number of halogens is 3. The number of sulfonamides is 1. The van der Waals surface area contributed by atoms with Gasteiger partial charge in [0.15, 0.2) is 0 Å². The summed E-state index contributed by atoms with van der Waals surface area (Å²) in [7, 11) is -3.97. The van der Waals surface area contributed by atoms with Gasteiger partial charge in [0.2, 0.25) is 5.17 Å². The number of amidine groups is 1. The summed E-state index contributed by atoms with van der Waals surface area (Å²) in [6.07, 6.45) is 1.40. The average molecular weight is 495 g/mol. The second-order valence-corrected chi connectivity index (χ2v) is 9.17. The molecule has 0 bridgehead atoms. The summed E-state index contributed by atoms with van der Waals surface area (Å²) in [4.78, 5) is 13.4. The molecule has 0 atom stereocenters. The molecule has 1 aliphatic heterocycles. The van der Waals surface area contributed by atoms with Crippen LogP contribution in [-0.4, -0.2) is 45.3 Å². The molecule has 0 amide bonds. The molecule has 10 nitrogen and oxygen atoms in total. The molecule has 0 unspecified atom stereocenters. The Labute approximate surface area is 186 Å². The highest BCUT2D eigenvalue weighted by molar-refractivity contribution is 8.17. The Balaban J connectivity index is 2.42. The van der Waals surface area contributed by atoms with Crippen molar-refractivity contribution in [1.82, 2.24) is 0 Å². The molecule has 1 aromatic carbocycles. The van der Waals surface area contributed by atoms with Gasteiger partial charge in [0.25, 0.3) is 0 Å². The maximum absolute atomic E-state index is 12.9. The van der Waals surface area contributed by atoms with Crippen LogP contribution in [0, 0.1) is 0 Å². The van der Waals surface area contributed by atoms with Crippen LogP contribution in [0.2, 0.25) is 0 Å². The number of hydrazone groups is 1. The van der Waals surface area contributed by atoms with E-state index in [1.54, 1.807) is 18.9 Å². The van der Waals surface area contributed by atoms with Gasteiger partial charge in [-0.15, -0.1) is 10.2 Å². The van der Waals surface area contributed by atoms with Crippen LogP contribution in [0.5, 0.6) is 0 Å². The van der Waals surface area contributed by atoms with E-state index in [1.807, 2.05) is 0 Å². The molecule has 0 saturated carbocycles. The minimum Gasteiger partial charge on any atom is -0.462 e. The smallest absolute Gasteiger partial charge is 0.462 e.